The third-order valence-corrected chi connectivity index (χ3v) is 5.52. The molecule has 0 fully saturated rings. The quantitative estimate of drug-likeness (QED) is 0.458. The fourth-order valence-electron chi connectivity index (χ4n) is 2.92. The van der Waals surface area contributed by atoms with Crippen molar-refractivity contribution in [2.24, 2.45) is 10.1 Å². The molecule has 2 aromatic carbocycles. The van der Waals surface area contributed by atoms with Crippen molar-refractivity contribution in [3.8, 4) is 17.2 Å². The number of aliphatic imine (C=N–C) groups is 1. The predicted octanol–water partition coefficient (Wildman–Crippen LogP) is 4.33. The van der Waals surface area contributed by atoms with E-state index in [1.165, 1.54) is 6.08 Å². The fourth-order valence-corrected chi connectivity index (χ4v) is 3.68. The molecule has 1 amide bonds. The van der Waals surface area contributed by atoms with E-state index in [4.69, 9.17) is 19.6 Å². The number of carbonyl (C=O) groups is 1. The molecule has 2 aliphatic rings. The van der Waals surface area contributed by atoms with Gasteiger partial charge in [-0.1, -0.05) is 12.1 Å². The van der Waals surface area contributed by atoms with Crippen LogP contribution in [0.3, 0.4) is 0 Å². The Morgan fingerprint density at radius 3 is 2.12 bits per heavy atom. The summed E-state index contributed by atoms with van der Waals surface area (Å²) in [4.78, 5) is 15.9. The van der Waals surface area contributed by atoms with Crippen molar-refractivity contribution < 1.29 is 32.2 Å². The lowest BCUT2D eigenvalue weighted by Gasteiger charge is -2.20. The number of halogens is 3. The third-order valence-electron chi connectivity index (χ3n) is 4.57. The van der Waals surface area contributed by atoms with Gasteiger partial charge in [0, 0.05) is 0 Å². The number of hydrogen-bond acceptors (Lipinski definition) is 7. The van der Waals surface area contributed by atoms with E-state index >= 15 is 0 Å². The van der Waals surface area contributed by atoms with Gasteiger partial charge in [-0.25, -0.2) is 0 Å². The maximum Gasteiger partial charge on any atom is 0.441 e. The number of hydrogen-bond donors (Lipinski definition) is 1. The molecule has 0 spiro atoms. The molecule has 1 N–H and O–H groups in total. The van der Waals surface area contributed by atoms with Crippen LogP contribution in [0, 0.1) is 5.41 Å². The van der Waals surface area contributed by atoms with E-state index in [9.17, 15) is 18.0 Å². The van der Waals surface area contributed by atoms with Gasteiger partial charge in [-0.05, 0) is 59.8 Å². The molecule has 8 nitrogen and oxygen atoms in total. The highest BCUT2D eigenvalue weighted by Crippen LogP contribution is 2.35. The number of amidine groups is 2. The maximum absolute atomic E-state index is 12.9. The van der Waals surface area contributed by atoms with Gasteiger partial charge in [0.05, 0.1) is 12.7 Å². The highest BCUT2D eigenvalue weighted by molar-refractivity contribution is 8.27. The SMILES string of the molecule is COc1ccc(OCCOc2ccc(/C=C3/C(=N)N4N=C(C(F)(F)F)SC4=NC3=O)cc2)cc1. The Kier molecular flexibility index (Phi) is 6.59. The molecule has 0 radical (unpaired) electrons. The summed E-state index contributed by atoms with van der Waals surface area (Å²) in [6.07, 6.45) is -3.32. The first kappa shape index (κ1) is 23.4. The first-order chi connectivity index (χ1) is 16.2. The molecule has 2 aromatic rings. The van der Waals surface area contributed by atoms with Crippen LogP contribution < -0.4 is 14.2 Å². The van der Waals surface area contributed by atoms with Crippen molar-refractivity contribution in [1.29, 1.82) is 5.41 Å². The van der Waals surface area contributed by atoms with Crippen LogP contribution in [0.25, 0.3) is 6.08 Å². The first-order valence-electron chi connectivity index (χ1n) is 9.82. The summed E-state index contributed by atoms with van der Waals surface area (Å²) < 4.78 is 55.0. The van der Waals surface area contributed by atoms with Gasteiger partial charge >= 0.3 is 6.18 Å². The molecule has 34 heavy (non-hydrogen) atoms. The van der Waals surface area contributed by atoms with Crippen molar-refractivity contribution in [2.75, 3.05) is 20.3 Å². The summed E-state index contributed by atoms with van der Waals surface area (Å²) in [7, 11) is 1.58. The summed E-state index contributed by atoms with van der Waals surface area (Å²) in [6.45, 7) is 0.609. The standard InChI is InChI=1S/C22H17F3N4O4S/c1-31-14-6-8-16(9-7-14)33-11-10-32-15-4-2-13(3-5-15)12-17-18(26)29-21(27-19(17)30)34-20(28-29)22(23,24)25/h2-9,12,26H,10-11H2,1H3/b17-12-,26-18?. The Labute approximate surface area is 196 Å². The molecule has 0 aromatic heterocycles. The number of nitrogens with zero attached hydrogens (tertiary/aromatic N) is 3. The van der Waals surface area contributed by atoms with Crippen LogP contribution in [0.2, 0.25) is 0 Å². The van der Waals surface area contributed by atoms with Gasteiger partial charge < -0.3 is 14.2 Å². The molecule has 0 atom stereocenters. The number of amides is 1. The van der Waals surface area contributed by atoms with E-state index in [1.54, 1.807) is 55.6 Å². The minimum absolute atomic E-state index is 0.168. The highest BCUT2D eigenvalue weighted by atomic mass is 32.2. The van der Waals surface area contributed by atoms with Gasteiger partial charge in [-0.3, -0.25) is 10.2 Å². The van der Waals surface area contributed by atoms with Crippen molar-refractivity contribution in [1.82, 2.24) is 5.01 Å². The topological polar surface area (TPSA) is 96.6 Å². The number of alkyl halides is 3. The largest absolute Gasteiger partial charge is 0.497 e. The number of methoxy groups -OCH3 is 1. The molecule has 176 valence electrons. The fraction of sp³-hybridized carbons (Fsp3) is 0.182. The van der Waals surface area contributed by atoms with Gasteiger partial charge in [0.1, 0.15) is 30.5 Å². The zero-order valence-corrected chi connectivity index (χ0v) is 18.4. The molecule has 0 bridgehead atoms. The minimum Gasteiger partial charge on any atom is -0.497 e. The van der Waals surface area contributed by atoms with Gasteiger partial charge in [-0.15, -0.1) is 0 Å². The monoisotopic (exact) mass is 490 g/mol. The Hall–Kier alpha value is -3.80. The number of ether oxygens (including phenoxy) is 3. The normalized spacial score (nSPS) is 16.8. The van der Waals surface area contributed by atoms with Gasteiger partial charge in [0.15, 0.2) is 5.84 Å². The Bertz CT molecular complexity index is 1190. The van der Waals surface area contributed by atoms with Crippen LogP contribution >= 0.6 is 11.8 Å². The number of thioether (sulfide) groups is 1. The van der Waals surface area contributed by atoms with Gasteiger partial charge in [0.2, 0.25) is 10.2 Å². The van der Waals surface area contributed by atoms with E-state index < -0.39 is 23.0 Å². The molecule has 2 heterocycles. The second-order valence-corrected chi connectivity index (χ2v) is 7.82. The average Bonchev–Trinajstić information content (AvgIpc) is 3.26. The van der Waals surface area contributed by atoms with Gasteiger partial charge in [0.25, 0.3) is 5.91 Å². The maximum atomic E-state index is 12.9. The third kappa shape index (κ3) is 5.22. The molecule has 0 saturated carbocycles. The van der Waals surface area contributed by atoms with Crippen LogP contribution in [0.1, 0.15) is 5.56 Å². The number of benzene rings is 2. The molecule has 0 saturated heterocycles. The zero-order chi connectivity index (χ0) is 24.3. The van der Waals surface area contributed by atoms with E-state index in [0.29, 0.717) is 35.3 Å². The van der Waals surface area contributed by atoms with Crippen molar-refractivity contribution in [3.63, 3.8) is 0 Å². The number of carbonyl (C=O) groups excluding carboxylic acids is 1. The summed E-state index contributed by atoms with van der Waals surface area (Å²) >= 11 is 0.209. The Morgan fingerprint density at radius 2 is 1.56 bits per heavy atom. The molecule has 12 heteroatoms. The molecular formula is C22H17F3N4O4S. The van der Waals surface area contributed by atoms with E-state index in [0.717, 1.165) is 5.75 Å². The zero-order valence-electron chi connectivity index (χ0n) is 17.6. The molecule has 2 aliphatic heterocycles. The van der Waals surface area contributed by atoms with Crippen LogP contribution in [0.4, 0.5) is 13.2 Å². The Balaban J connectivity index is 1.35. The van der Waals surface area contributed by atoms with E-state index in [1.807, 2.05) is 0 Å². The van der Waals surface area contributed by atoms with Gasteiger partial charge in [-0.2, -0.15) is 28.3 Å². The number of fused-ring (bicyclic) bond motifs is 1. The van der Waals surface area contributed by atoms with Crippen LogP contribution in [0.15, 0.2) is 64.2 Å². The predicted molar refractivity (Wildman–Crippen MR) is 121 cm³/mol. The summed E-state index contributed by atoms with van der Waals surface area (Å²) in [5, 5.41) is 10.7. The van der Waals surface area contributed by atoms with Crippen molar-refractivity contribution >= 4 is 39.8 Å². The number of rotatable bonds is 7. The smallest absolute Gasteiger partial charge is 0.441 e. The first-order valence-corrected chi connectivity index (χ1v) is 10.6. The van der Waals surface area contributed by atoms with Crippen LogP contribution in [0.5, 0.6) is 17.2 Å². The molecule has 0 unspecified atom stereocenters. The summed E-state index contributed by atoms with van der Waals surface area (Å²) in [5.41, 5.74) is 0.374. The molecule has 4 rings (SSSR count). The summed E-state index contributed by atoms with van der Waals surface area (Å²) in [6, 6.07) is 13.8. The number of hydrazone groups is 1. The van der Waals surface area contributed by atoms with E-state index in [-0.39, 0.29) is 22.5 Å². The lowest BCUT2D eigenvalue weighted by molar-refractivity contribution is -0.114. The average molecular weight is 490 g/mol. The van der Waals surface area contributed by atoms with Crippen LogP contribution in [-0.4, -0.2) is 53.5 Å². The lowest BCUT2D eigenvalue weighted by atomic mass is 10.1. The minimum atomic E-state index is -4.69. The van der Waals surface area contributed by atoms with Crippen molar-refractivity contribution in [2.45, 2.75) is 6.18 Å². The molecular weight excluding hydrogens is 473 g/mol. The van der Waals surface area contributed by atoms with E-state index in [2.05, 4.69) is 10.1 Å². The second kappa shape index (κ2) is 9.59. The van der Waals surface area contributed by atoms with Crippen LogP contribution in [-0.2, 0) is 4.79 Å². The second-order valence-electron chi connectivity index (χ2n) is 6.86. The number of nitrogens with one attached hydrogen (secondary N) is 1. The lowest BCUT2D eigenvalue weighted by Crippen LogP contribution is -2.35. The molecule has 0 aliphatic carbocycles. The highest BCUT2D eigenvalue weighted by Gasteiger charge is 2.46. The Morgan fingerprint density at radius 1 is 1.00 bits per heavy atom. The van der Waals surface area contributed by atoms with Crippen molar-refractivity contribution in [3.05, 3.63) is 59.7 Å². The summed E-state index contributed by atoms with van der Waals surface area (Å²) in [5.74, 6) is 0.686.